The van der Waals surface area contributed by atoms with Crippen molar-refractivity contribution in [2.45, 2.75) is 12.8 Å². The van der Waals surface area contributed by atoms with Gasteiger partial charge in [-0.2, -0.15) is 0 Å². The molecule has 30 heavy (non-hydrogen) atoms. The lowest BCUT2D eigenvalue weighted by Gasteiger charge is -2.37. The Balaban J connectivity index is 1.32. The molecule has 4 rings (SSSR count). The molecule has 0 radical (unpaired) electrons. The third-order valence-electron chi connectivity index (χ3n) is 5.74. The summed E-state index contributed by atoms with van der Waals surface area (Å²) in [4.78, 5) is 42.9. The summed E-state index contributed by atoms with van der Waals surface area (Å²) in [7, 11) is 1.65. The Morgan fingerprint density at radius 3 is 2.43 bits per heavy atom. The number of amides is 3. The van der Waals surface area contributed by atoms with E-state index in [0.717, 1.165) is 17.0 Å². The molecule has 0 bridgehead atoms. The van der Waals surface area contributed by atoms with E-state index in [9.17, 15) is 14.4 Å². The van der Waals surface area contributed by atoms with Gasteiger partial charge in [-0.3, -0.25) is 19.3 Å². The van der Waals surface area contributed by atoms with E-state index in [4.69, 9.17) is 4.74 Å². The van der Waals surface area contributed by atoms with Crippen LogP contribution in [0.1, 0.15) is 22.3 Å². The molecule has 0 N–H and O–H groups in total. The normalized spacial score (nSPS) is 16.5. The molecular formula is C23H25N3O4. The van der Waals surface area contributed by atoms with E-state index < -0.39 is 0 Å². The number of methoxy groups -OCH3 is 1. The van der Waals surface area contributed by atoms with Crippen molar-refractivity contribution in [2.75, 3.05) is 44.7 Å². The minimum atomic E-state index is -0.310. The minimum absolute atomic E-state index is 0.0332. The van der Waals surface area contributed by atoms with Crippen molar-refractivity contribution >= 4 is 23.4 Å². The van der Waals surface area contributed by atoms with Crippen LogP contribution in [0.3, 0.4) is 0 Å². The fraction of sp³-hybridized carbons (Fsp3) is 0.348. The average Bonchev–Trinajstić information content (AvgIpc) is 2.79. The summed E-state index contributed by atoms with van der Waals surface area (Å²) in [5.41, 5.74) is 2.33. The van der Waals surface area contributed by atoms with Crippen LogP contribution in [-0.2, 0) is 16.0 Å². The number of rotatable bonds is 5. The number of hydrogen-bond donors (Lipinski definition) is 0. The first-order valence-corrected chi connectivity index (χ1v) is 10.2. The van der Waals surface area contributed by atoms with Crippen LogP contribution in [0.25, 0.3) is 0 Å². The van der Waals surface area contributed by atoms with Crippen LogP contribution in [-0.4, -0.2) is 67.4 Å². The molecule has 156 valence electrons. The summed E-state index contributed by atoms with van der Waals surface area (Å²) in [6.07, 6.45) is 0.349. The molecule has 0 aromatic heterocycles. The van der Waals surface area contributed by atoms with Crippen LogP contribution >= 0.6 is 0 Å². The second-order valence-electron chi connectivity index (χ2n) is 7.47. The van der Waals surface area contributed by atoms with Gasteiger partial charge in [-0.15, -0.1) is 0 Å². The van der Waals surface area contributed by atoms with Gasteiger partial charge in [0.15, 0.2) is 0 Å². The van der Waals surface area contributed by atoms with Crippen LogP contribution < -0.4 is 9.64 Å². The second-order valence-corrected chi connectivity index (χ2v) is 7.47. The van der Waals surface area contributed by atoms with Gasteiger partial charge in [0.05, 0.1) is 19.2 Å². The average molecular weight is 407 g/mol. The fourth-order valence-electron chi connectivity index (χ4n) is 4.08. The van der Waals surface area contributed by atoms with Crippen molar-refractivity contribution < 1.29 is 19.1 Å². The Morgan fingerprint density at radius 1 is 0.967 bits per heavy atom. The van der Waals surface area contributed by atoms with Gasteiger partial charge in [0.2, 0.25) is 11.8 Å². The fourth-order valence-corrected chi connectivity index (χ4v) is 4.08. The maximum absolute atomic E-state index is 12.7. The highest BCUT2D eigenvalue weighted by molar-refractivity contribution is 6.09. The zero-order valence-electron chi connectivity index (χ0n) is 17.0. The van der Waals surface area contributed by atoms with E-state index in [1.807, 2.05) is 30.3 Å². The predicted molar refractivity (Wildman–Crippen MR) is 113 cm³/mol. The molecule has 3 amide bonds. The number of imide groups is 1. The lowest BCUT2D eigenvalue weighted by Crippen LogP contribution is -2.50. The van der Waals surface area contributed by atoms with Crippen LogP contribution in [0.5, 0.6) is 5.75 Å². The number of anilines is 1. The van der Waals surface area contributed by atoms with Crippen molar-refractivity contribution in [1.29, 1.82) is 0 Å². The van der Waals surface area contributed by atoms with E-state index >= 15 is 0 Å². The zero-order chi connectivity index (χ0) is 21.1. The van der Waals surface area contributed by atoms with Crippen LogP contribution in [0, 0.1) is 0 Å². The molecule has 0 spiro atoms. The number of ether oxygens (including phenoxy) is 1. The number of para-hydroxylation sites is 2. The van der Waals surface area contributed by atoms with Crippen LogP contribution in [0.15, 0.2) is 48.5 Å². The van der Waals surface area contributed by atoms with Crippen molar-refractivity contribution in [3.8, 4) is 5.75 Å². The van der Waals surface area contributed by atoms with Gasteiger partial charge in [0.25, 0.3) is 5.91 Å². The number of carbonyl (C=O) groups excluding carboxylic acids is 3. The van der Waals surface area contributed by atoms with Crippen LogP contribution in [0.2, 0.25) is 0 Å². The Morgan fingerprint density at radius 2 is 1.67 bits per heavy atom. The molecule has 2 aliphatic heterocycles. The SMILES string of the molecule is COc1ccccc1N1CCN(C(=O)CCN2C(=O)Cc3ccccc3C2=O)CC1. The maximum Gasteiger partial charge on any atom is 0.260 e. The quantitative estimate of drug-likeness (QED) is 0.709. The smallest absolute Gasteiger partial charge is 0.260 e. The zero-order valence-corrected chi connectivity index (χ0v) is 17.0. The summed E-state index contributed by atoms with van der Waals surface area (Å²) in [5, 5.41) is 0. The predicted octanol–water partition coefficient (Wildman–Crippen LogP) is 1.96. The standard InChI is InChI=1S/C23H25N3O4/c1-30-20-9-5-4-8-19(20)24-12-14-25(15-13-24)21(27)10-11-26-22(28)16-17-6-2-3-7-18(17)23(26)29/h2-9H,10-16H2,1H3. The number of piperazine rings is 1. The molecule has 1 fully saturated rings. The minimum Gasteiger partial charge on any atom is -0.495 e. The summed E-state index contributed by atoms with van der Waals surface area (Å²) in [6, 6.07) is 15.0. The summed E-state index contributed by atoms with van der Waals surface area (Å²) >= 11 is 0. The Kier molecular flexibility index (Phi) is 5.70. The number of benzene rings is 2. The van der Waals surface area contributed by atoms with Crippen LogP contribution in [0.4, 0.5) is 5.69 Å². The highest BCUT2D eigenvalue weighted by Crippen LogP contribution is 2.28. The molecule has 0 aliphatic carbocycles. The Labute approximate surface area is 175 Å². The molecule has 2 heterocycles. The number of carbonyl (C=O) groups is 3. The number of hydrogen-bond acceptors (Lipinski definition) is 5. The van der Waals surface area contributed by atoms with Crippen molar-refractivity contribution in [1.82, 2.24) is 9.80 Å². The van der Waals surface area contributed by atoms with Crippen molar-refractivity contribution in [3.05, 3.63) is 59.7 Å². The van der Waals surface area contributed by atoms with Gasteiger partial charge in [0.1, 0.15) is 5.75 Å². The lowest BCUT2D eigenvalue weighted by atomic mass is 9.98. The van der Waals surface area contributed by atoms with Gasteiger partial charge in [-0.05, 0) is 23.8 Å². The maximum atomic E-state index is 12.7. The molecule has 0 atom stereocenters. The summed E-state index contributed by atoms with van der Waals surface area (Å²) < 4.78 is 5.43. The third-order valence-corrected chi connectivity index (χ3v) is 5.74. The molecular weight excluding hydrogens is 382 g/mol. The molecule has 2 aliphatic rings. The molecule has 2 aromatic rings. The van der Waals surface area contributed by atoms with Crippen molar-refractivity contribution in [2.24, 2.45) is 0 Å². The van der Waals surface area contributed by atoms with E-state index in [1.54, 1.807) is 30.2 Å². The Hall–Kier alpha value is -3.35. The Bertz CT molecular complexity index is 966. The number of nitrogens with zero attached hydrogens (tertiary/aromatic N) is 3. The first-order valence-electron chi connectivity index (χ1n) is 10.2. The first kappa shape index (κ1) is 19.9. The molecule has 1 saturated heterocycles. The van der Waals surface area contributed by atoms with Gasteiger partial charge in [-0.25, -0.2) is 0 Å². The van der Waals surface area contributed by atoms with Gasteiger partial charge >= 0.3 is 0 Å². The lowest BCUT2D eigenvalue weighted by molar-refractivity contribution is -0.133. The molecule has 7 nitrogen and oxygen atoms in total. The van der Waals surface area contributed by atoms with E-state index in [-0.39, 0.29) is 37.1 Å². The van der Waals surface area contributed by atoms with E-state index in [1.165, 1.54) is 4.90 Å². The summed E-state index contributed by atoms with van der Waals surface area (Å²) in [5.74, 6) is 0.233. The molecule has 0 saturated carbocycles. The van der Waals surface area contributed by atoms with Gasteiger partial charge in [-0.1, -0.05) is 30.3 Å². The highest BCUT2D eigenvalue weighted by atomic mass is 16.5. The molecule has 7 heteroatoms. The monoisotopic (exact) mass is 407 g/mol. The second kappa shape index (κ2) is 8.57. The van der Waals surface area contributed by atoms with Gasteiger partial charge < -0.3 is 14.5 Å². The molecule has 0 unspecified atom stereocenters. The van der Waals surface area contributed by atoms with Gasteiger partial charge in [0, 0.05) is 44.7 Å². The first-order chi connectivity index (χ1) is 14.6. The van der Waals surface area contributed by atoms with Crippen molar-refractivity contribution in [3.63, 3.8) is 0 Å². The number of fused-ring (bicyclic) bond motifs is 1. The largest absolute Gasteiger partial charge is 0.495 e. The van der Waals surface area contributed by atoms with E-state index in [2.05, 4.69) is 4.90 Å². The molecule has 2 aromatic carbocycles. The topological polar surface area (TPSA) is 70.2 Å². The summed E-state index contributed by atoms with van der Waals surface area (Å²) in [6.45, 7) is 2.74. The third kappa shape index (κ3) is 3.87. The van der Waals surface area contributed by atoms with E-state index in [0.29, 0.717) is 31.7 Å². The highest BCUT2D eigenvalue weighted by Gasteiger charge is 2.31.